The second kappa shape index (κ2) is 2.25. The maximum absolute atomic E-state index is 12.9. The number of hydrogen-bond acceptors (Lipinski definition) is 1. The number of alkyl halides is 1. The summed E-state index contributed by atoms with van der Waals surface area (Å²) in [5.74, 6) is 0. The molecule has 0 aromatic rings. The zero-order valence-corrected chi connectivity index (χ0v) is 5.98. The standard InChI is InChI=1S/C7H13FO/c1-6-3-4-7(2,8)5-9-6/h6H,3-5H2,1-2H3. The molecule has 1 fully saturated rings. The molecule has 0 aromatic heterocycles. The Hall–Kier alpha value is -0.110. The average Bonchev–Trinajstić information content (AvgIpc) is 1.78. The molecule has 2 heteroatoms. The molecule has 0 spiro atoms. The summed E-state index contributed by atoms with van der Waals surface area (Å²) >= 11 is 0. The molecule has 1 aliphatic heterocycles. The van der Waals surface area contributed by atoms with Crippen molar-refractivity contribution >= 4 is 0 Å². The Balaban J connectivity index is 2.35. The molecule has 0 N–H and O–H groups in total. The van der Waals surface area contributed by atoms with Gasteiger partial charge >= 0.3 is 0 Å². The molecule has 54 valence electrons. The van der Waals surface area contributed by atoms with Gasteiger partial charge < -0.3 is 4.74 Å². The first-order valence-electron chi connectivity index (χ1n) is 3.41. The highest BCUT2D eigenvalue weighted by molar-refractivity contribution is 4.78. The second-order valence-electron chi connectivity index (χ2n) is 3.07. The van der Waals surface area contributed by atoms with Crippen LogP contribution < -0.4 is 0 Å². The lowest BCUT2D eigenvalue weighted by Crippen LogP contribution is -2.34. The predicted octanol–water partition coefficient (Wildman–Crippen LogP) is 1.91. The molecule has 1 nitrogen and oxygen atoms in total. The summed E-state index contributed by atoms with van der Waals surface area (Å²) in [7, 11) is 0. The molecular formula is C7H13FO. The Morgan fingerprint density at radius 3 is 2.67 bits per heavy atom. The largest absolute Gasteiger partial charge is 0.375 e. The summed E-state index contributed by atoms with van der Waals surface area (Å²) in [5.41, 5.74) is -1.06. The van der Waals surface area contributed by atoms with E-state index in [9.17, 15) is 4.39 Å². The lowest BCUT2D eigenvalue weighted by atomic mass is 9.98. The zero-order valence-electron chi connectivity index (χ0n) is 5.98. The van der Waals surface area contributed by atoms with E-state index in [0.717, 1.165) is 6.42 Å². The minimum Gasteiger partial charge on any atom is -0.375 e. The fraction of sp³-hybridized carbons (Fsp3) is 1.00. The van der Waals surface area contributed by atoms with Crippen LogP contribution in [0, 0.1) is 0 Å². The molecule has 0 saturated carbocycles. The maximum Gasteiger partial charge on any atom is 0.131 e. The summed E-state index contributed by atoms with van der Waals surface area (Å²) < 4.78 is 18.0. The first-order chi connectivity index (χ1) is 4.10. The first-order valence-corrected chi connectivity index (χ1v) is 3.41. The summed E-state index contributed by atoms with van der Waals surface area (Å²) in [6.07, 6.45) is 1.76. The lowest BCUT2D eigenvalue weighted by molar-refractivity contribution is -0.0618. The third kappa shape index (κ3) is 1.94. The topological polar surface area (TPSA) is 9.23 Å². The van der Waals surface area contributed by atoms with Crippen molar-refractivity contribution in [2.45, 2.75) is 38.5 Å². The van der Waals surface area contributed by atoms with Gasteiger partial charge in [-0.3, -0.25) is 0 Å². The van der Waals surface area contributed by atoms with Gasteiger partial charge in [0.1, 0.15) is 5.67 Å². The van der Waals surface area contributed by atoms with Gasteiger partial charge in [0.25, 0.3) is 0 Å². The third-order valence-electron chi connectivity index (χ3n) is 1.74. The Morgan fingerprint density at radius 2 is 2.33 bits per heavy atom. The monoisotopic (exact) mass is 132 g/mol. The molecule has 2 atom stereocenters. The van der Waals surface area contributed by atoms with E-state index in [2.05, 4.69) is 0 Å². The molecule has 0 aromatic carbocycles. The maximum atomic E-state index is 12.9. The van der Waals surface area contributed by atoms with E-state index in [1.807, 2.05) is 6.92 Å². The normalized spacial score (nSPS) is 45.0. The Bertz CT molecular complexity index is 91.1. The van der Waals surface area contributed by atoms with E-state index in [-0.39, 0.29) is 12.7 Å². The van der Waals surface area contributed by atoms with E-state index in [0.29, 0.717) is 6.42 Å². The van der Waals surface area contributed by atoms with Gasteiger partial charge in [-0.1, -0.05) is 0 Å². The fourth-order valence-corrected chi connectivity index (χ4v) is 0.976. The molecule has 0 radical (unpaired) electrons. The van der Waals surface area contributed by atoms with Crippen LogP contribution >= 0.6 is 0 Å². The second-order valence-corrected chi connectivity index (χ2v) is 3.07. The first kappa shape index (κ1) is 7.00. The van der Waals surface area contributed by atoms with Crippen molar-refractivity contribution in [1.82, 2.24) is 0 Å². The molecule has 2 unspecified atom stereocenters. The number of ether oxygens (including phenoxy) is 1. The van der Waals surface area contributed by atoms with Crippen molar-refractivity contribution in [2.24, 2.45) is 0 Å². The van der Waals surface area contributed by atoms with E-state index >= 15 is 0 Å². The lowest BCUT2D eigenvalue weighted by Gasteiger charge is -2.29. The van der Waals surface area contributed by atoms with Crippen LogP contribution in [0.4, 0.5) is 4.39 Å². The zero-order chi connectivity index (χ0) is 6.91. The van der Waals surface area contributed by atoms with Crippen LogP contribution in [0.15, 0.2) is 0 Å². The molecule has 1 rings (SSSR count). The van der Waals surface area contributed by atoms with Crippen LogP contribution in [0.2, 0.25) is 0 Å². The van der Waals surface area contributed by atoms with E-state index < -0.39 is 5.67 Å². The van der Waals surface area contributed by atoms with Crippen LogP contribution in [0.25, 0.3) is 0 Å². The van der Waals surface area contributed by atoms with Crippen LogP contribution in [0.1, 0.15) is 26.7 Å². The summed E-state index contributed by atoms with van der Waals surface area (Å²) in [6.45, 7) is 3.85. The predicted molar refractivity (Wildman–Crippen MR) is 34.2 cm³/mol. The molecule has 0 aliphatic carbocycles. The van der Waals surface area contributed by atoms with Gasteiger partial charge in [0.2, 0.25) is 0 Å². The smallest absolute Gasteiger partial charge is 0.131 e. The third-order valence-corrected chi connectivity index (χ3v) is 1.74. The van der Waals surface area contributed by atoms with Crippen molar-refractivity contribution in [3.8, 4) is 0 Å². The molecule has 0 bridgehead atoms. The van der Waals surface area contributed by atoms with Crippen molar-refractivity contribution in [3.05, 3.63) is 0 Å². The van der Waals surface area contributed by atoms with Gasteiger partial charge in [-0.05, 0) is 26.7 Å². The van der Waals surface area contributed by atoms with E-state index in [1.54, 1.807) is 6.92 Å². The highest BCUT2D eigenvalue weighted by Gasteiger charge is 2.29. The van der Waals surface area contributed by atoms with Crippen LogP contribution in [0.5, 0.6) is 0 Å². The summed E-state index contributed by atoms with van der Waals surface area (Å²) in [6, 6.07) is 0. The minimum atomic E-state index is -1.06. The molecule has 1 heterocycles. The van der Waals surface area contributed by atoms with Crippen LogP contribution in [-0.2, 0) is 4.74 Å². The number of rotatable bonds is 0. The molecule has 0 amide bonds. The van der Waals surface area contributed by atoms with E-state index in [1.165, 1.54) is 0 Å². The Kier molecular flexibility index (Phi) is 1.75. The minimum absolute atomic E-state index is 0.258. The highest BCUT2D eigenvalue weighted by atomic mass is 19.1. The molecular weight excluding hydrogens is 119 g/mol. The van der Waals surface area contributed by atoms with Crippen molar-refractivity contribution in [1.29, 1.82) is 0 Å². The summed E-state index contributed by atoms with van der Waals surface area (Å²) in [5, 5.41) is 0. The van der Waals surface area contributed by atoms with Gasteiger partial charge in [0, 0.05) is 0 Å². The van der Waals surface area contributed by atoms with Crippen molar-refractivity contribution in [2.75, 3.05) is 6.61 Å². The molecule has 1 saturated heterocycles. The molecule has 1 aliphatic rings. The quantitative estimate of drug-likeness (QED) is 0.489. The SMILES string of the molecule is CC1CCC(C)(F)CO1. The van der Waals surface area contributed by atoms with E-state index in [4.69, 9.17) is 4.74 Å². The van der Waals surface area contributed by atoms with Gasteiger partial charge in [-0.25, -0.2) is 4.39 Å². The van der Waals surface area contributed by atoms with Gasteiger partial charge in [-0.15, -0.1) is 0 Å². The Labute approximate surface area is 55.2 Å². The van der Waals surface area contributed by atoms with Gasteiger partial charge in [0.15, 0.2) is 0 Å². The summed E-state index contributed by atoms with van der Waals surface area (Å²) in [4.78, 5) is 0. The molecule has 9 heavy (non-hydrogen) atoms. The number of halogens is 1. The Morgan fingerprint density at radius 1 is 1.67 bits per heavy atom. The van der Waals surface area contributed by atoms with Crippen molar-refractivity contribution in [3.63, 3.8) is 0 Å². The fourth-order valence-electron chi connectivity index (χ4n) is 0.976. The van der Waals surface area contributed by atoms with Crippen LogP contribution in [-0.4, -0.2) is 18.4 Å². The average molecular weight is 132 g/mol. The van der Waals surface area contributed by atoms with Gasteiger partial charge in [-0.2, -0.15) is 0 Å². The van der Waals surface area contributed by atoms with Crippen molar-refractivity contribution < 1.29 is 9.13 Å². The van der Waals surface area contributed by atoms with Crippen LogP contribution in [0.3, 0.4) is 0 Å². The van der Waals surface area contributed by atoms with Gasteiger partial charge in [0.05, 0.1) is 12.7 Å². The number of hydrogen-bond donors (Lipinski definition) is 0. The highest BCUT2D eigenvalue weighted by Crippen LogP contribution is 2.25.